The Kier molecular flexibility index (Phi) is 3.12. The van der Waals surface area contributed by atoms with Gasteiger partial charge in [0.15, 0.2) is 0 Å². The first-order chi connectivity index (χ1) is 5.75. The van der Waals surface area contributed by atoms with Crippen LogP contribution in [0, 0.1) is 0 Å². The van der Waals surface area contributed by atoms with Gasteiger partial charge in [-0.3, -0.25) is 4.79 Å². The Balaban J connectivity index is 2.27. The molecule has 12 heavy (non-hydrogen) atoms. The van der Waals surface area contributed by atoms with Crippen LogP contribution in [0.3, 0.4) is 0 Å². The zero-order valence-corrected chi connectivity index (χ0v) is 8.15. The van der Waals surface area contributed by atoms with Crippen molar-refractivity contribution < 1.29 is 4.79 Å². The molecule has 1 rings (SSSR count). The van der Waals surface area contributed by atoms with Gasteiger partial charge in [0.2, 0.25) is 5.91 Å². The molecular formula is C10H19NO. The van der Waals surface area contributed by atoms with Gasteiger partial charge < -0.3 is 5.32 Å². The minimum absolute atomic E-state index is 0.0774. The van der Waals surface area contributed by atoms with Crippen LogP contribution in [0.2, 0.25) is 0 Å². The van der Waals surface area contributed by atoms with Gasteiger partial charge in [0.25, 0.3) is 0 Å². The molecule has 0 atom stereocenters. The molecular weight excluding hydrogens is 150 g/mol. The van der Waals surface area contributed by atoms with Gasteiger partial charge >= 0.3 is 0 Å². The predicted octanol–water partition coefficient (Wildman–Crippen LogP) is 2.24. The van der Waals surface area contributed by atoms with E-state index in [9.17, 15) is 4.79 Å². The first kappa shape index (κ1) is 9.56. The fraction of sp³-hybridized carbons (Fsp3) is 0.900. The highest BCUT2D eigenvalue weighted by atomic mass is 16.2. The van der Waals surface area contributed by atoms with E-state index in [-0.39, 0.29) is 11.4 Å². The van der Waals surface area contributed by atoms with Crippen molar-refractivity contribution in [1.82, 2.24) is 5.32 Å². The molecule has 0 aliphatic carbocycles. The lowest BCUT2D eigenvalue weighted by molar-refractivity contribution is -0.112. The standard InChI is InChI=1S/C10H19NO/c1-3-5-7-10(8-6-4-2)9(12)11-10/h3-8H2,1-2H3,(H,11,12). The van der Waals surface area contributed by atoms with E-state index in [1.54, 1.807) is 0 Å². The van der Waals surface area contributed by atoms with Crippen LogP contribution >= 0.6 is 0 Å². The lowest BCUT2D eigenvalue weighted by atomic mass is 9.96. The molecule has 1 heterocycles. The van der Waals surface area contributed by atoms with Gasteiger partial charge in [0.1, 0.15) is 5.54 Å². The molecule has 70 valence electrons. The van der Waals surface area contributed by atoms with Crippen LogP contribution in [-0.2, 0) is 4.79 Å². The molecule has 1 aliphatic heterocycles. The molecule has 1 N–H and O–H groups in total. The fourth-order valence-electron chi connectivity index (χ4n) is 1.62. The van der Waals surface area contributed by atoms with Crippen molar-refractivity contribution >= 4 is 5.91 Å². The minimum Gasteiger partial charge on any atom is -0.340 e. The smallest absolute Gasteiger partial charge is 0.246 e. The van der Waals surface area contributed by atoms with Crippen molar-refractivity contribution in [2.45, 2.75) is 57.9 Å². The van der Waals surface area contributed by atoms with Crippen molar-refractivity contribution in [2.24, 2.45) is 0 Å². The van der Waals surface area contributed by atoms with Crippen LogP contribution in [-0.4, -0.2) is 11.4 Å². The summed E-state index contributed by atoms with van der Waals surface area (Å²) in [5.74, 6) is 0.282. The van der Waals surface area contributed by atoms with Crippen molar-refractivity contribution in [2.75, 3.05) is 0 Å². The second kappa shape index (κ2) is 3.92. The van der Waals surface area contributed by atoms with Gasteiger partial charge in [-0.05, 0) is 12.8 Å². The third-order valence-electron chi connectivity index (χ3n) is 2.64. The molecule has 1 saturated heterocycles. The molecule has 0 unspecified atom stereocenters. The van der Waals surface area contributed by atoms with E-state index in [1.807, 2.05) is 0 Å². The largest absolute Gasteiger partial charge is 0.340 e. The van der Waals surface area contributed by atoms with E-state index in [1.165, 1.54) is 25.7 Å². The summed E-state index contributed by atoms with van der Waals surface area (Å²) in [5, 5.41) is 2.98. The number of carbonyl (C=O) groups is 1. The number of amides is 1. The molecule has 0 aromatic rings. The van der Waals surface area contributed by atoms with E-state index in [2.05, 4.69) is 19.2 Å². The van der Waals surface area contributed by atoms with Crippen LogP contribution < -0.4 is 5.32 Å². The highest BCUT2D eigenvalue weighted by molar-refractivity contribution is 6.01. The molecule has 0 aromatic heterocycles. The first-order valence-electron chi connectivity index (χ1n) is 5.08. The number of nitrogens with one attached hydrogen (secondary N) is 1. The second-order valence-electron chi connectivity index (χ2n) is 3.74. The average molecular weight is 169 g/mol. The van der Waals surface area contributed by atoms with E-state index < -0.39 is 0 Å². The summed E-state index contributed by atoms with van der Waals surface area (Å²) in [6, 6.07) is 0. The van der Waals surface area contributed by atoms with Crippen LogP contribution in [0.4, 0.5) is 0 Å². The molecule has 2 nitrogen and oxygen atoms in total. The van der Waals surface area contributed by atoms with Crippen LogP contribution in [0.25, 0.3) is 0 Å². The molecule has 1 aliphatic rings. The monoisotopic (exact) mass is 169 g/mol. The summed E-state index contributed by atoms with van der Waals surface area (Å²) in [6.45, 7) is 4.33. The van der Waals surface area contributed by atoms with Crippen molar-refractivity contribution in [3.63, 3.8) is 0 Å². The maximum atomic E-state index is 11.1. The molecule has 1 amide bonds. The number of hydrogen-bond acceptors (Lipinski definition) is 1. The maximum Gasteiger partial charge on any atom is 0.246 e. The third kappa shape index (κ3) is 1.99. The lowest BCUT2D eigenvalue weighted by Crippen LogP contribution is -2.15. The Morgan fingerprint density at radius 1 is 1.17 bits per heavy atom. The van der Waals surface area contributed by atoms with Crippen LogP contribution in [0.5, 0.6) is 0 Å². The predicted molar refractivity (Wildman–Crippen MR) is 49.9 cm³/mol. The molecule has 0 spiro atoms. The highest BCUT2D eigenvalue weighted by Crippen LogP contribution is 2.31. The normalized spacial score (nSPS) is 19.0. The van der Waals surface area contributed by atoms with Crippen LogP contribution in [0.1, 0.15) is 52.4 Å². The molecule has 2 heteroatoms. The Morgan fingerprint density at radius 3 is 1.83 bits per heavy atom. The number of carbonyl (C=O) groups excluding carboxylic acids is 1. The zero-order chi connectivity index (χ0) is 9.03. The zero-order valence-electron chi connectivity index (χ0n) is 8.15. The van der Waals surface area contributed by atoms with E-state index >= 15 is 0 Å². The molecule has 0 aromatic carbocycles. The maximum absolute atomic E-state index is 11.1. The van der Waals surface area contributed by atoms with Crippen molar-refractivity contribution in [1.29, 1.82) is 0 Å². The molecule has 0 radical (unpaired) electrons. The van der Waals surface area contributed by atoms with Crippen molar-refractivity contribution in [3.05, 3.63) is 0 Å². The number of unbranched alkanes of at least 4 members (excludes halogenated alkanes) is 2. The van der Waals surface area contributed by atoms with E-state index in [0.717, 1.165) is 12.8 Å². The van der Waals surface area contributed by atoms with Gasteiger partial charge in [-0.25, -0.2) is 0 Å². The fourth-order valence-corrected chi connectivity index (χ4v) is 1.62. The topological polar surface area (TPSA) is 39.0 Å². The Labute approximate surface area is 74.7 Å². The lowest BCUT2D eigenvalue weighted by Gasteiger charge is -2.08. The summed E-state index contributed by atoms with van der Waals surface area (Å²) in [4.78, 5) is 11.1. The van der Waals surface area contributed by atoms with Gasteiger partial charge in [0, 0.05) is 0 Å². The third-order valence-corrected chi connectivity index (χ3v) is 2.64. The van der Waals surface area contributed by atoms with E-state index in [4.69, 9.17) is 0 Å². The average Bonchev–Trinajstić information content (AvgIpc) is 2.71. The highest BCUT2D eigenvalue weighted by Gasteiger charge is 2.51. The quantitative estimate of drug-likeness (QED) is 0.608. The Bertz CT molecular complexity index is 157. The minimum atomic E-state index is -0.0774. The summed E-state index contributed by atoms with van der Waals surface area (Å²) < 4.78 is 0. The van der Waals surface area contributed by atoms with Gasteiger partial charge in [-0.15, -0.1) is 0 Å². The summed E-state index contributed by atoms with van der Waals surface area (Å²) in [7, 11) is 0. The Morgan fingerprint density at radius 2 is 1.58 bits per heavy atom. The second-order valence-corrected chi connectivity index (χ2v) is 3.74. The summed E-state index contributed by atoms with van der Waals surface area (Å²) >= 11 is 0. The molecule has 0 saturated carbocycles. The molecule has 0 bridgehead atoms. The van der Waals surface area contributed by atoms with Gasteiger partial charge in [0.05, 0.1) is 0 Å². The van der Waals surface area contributed by atoms with Gasteiger partial charge in [-0.2, -0.15) is 0 Å². The van der Waals surface area contributed by atoms with E-state index in [0.29, 0.717) is 0 Å². The van der Waals surface area contributed by atoms with Gasteiger partial charge in [-0.1, -0.05) is 39.5 Å². The first-order valence-corrected chi connectivity index (χ1v) is 5.08. The molecule has 1 fully saturated rings. The number of hydrogen-bond donors (Lipinski definition) is 1. The number of rotatable bonds is 6. The SMILES string of the molecule is CCCCC1(CCCC)NC1=O. The summed E-state index contributed by atoms with van der Waals surface area (Å²) in [6.07, 6.45) is 6.79. The summed E-state index contributed by atoms with van der Waals surface area (Å²) in [5.41, 5.74) is -0.0774. The van der Waals surface area contributed by atoms with Crippen molar-refractivity contribution in [3.8, 4) is 0 Å². The Hall–Kier alpha value is -0.530. The van der Waals surface area contributed by atoms with Crippen LogP contribution in [0.15, 0.2) is 0 Å².